The zero-order valence-corrected chi connectivity index (χ0v) is 19.6. The van der Waals surface area contributed by atoms with E-state index in [-0.39, 0.29) is 5.56 Å². The van der Waals surface area contributed by atoms with E-state index >= 15 is 0 Å². The van der Waals surface area contributed by atoms with Gasteiger partial charge in [0.2, 0.25) is 5.91 Å². The Morgan fingerprint density at radius 3 is 2.78 bits per heavy atom. The normalized spacial score (nSPS) is 14.8. The van der Waals surface area contributed by atoms with Gasteiger partial charge in [0, 0.05) is 60.9 Å². The van der Waals surface area contributed by atoms with Crippen LogP contribution in [0.4, 0.5) is 0 Å². The molecular formula is C24H32N4O3S. The third-order valence-corrected chi connectivity index (χ3v) is 6.29. The number of morpholine rings is 1. The number of carbonyl (C=O) groups is 1. The van der Waals surface area contributed by atoms with Gasteiger partial charge >= 0.3 is 0 Å². The Morgan fingerprint density at radius 2 is 2.06 bits per heavy atom. The van der Waals surface area contributed by atoms with E-state index in [0.717, 1.165) is 61.1 Å². The van der Waals surface area contributed by atoms with Crippen molar-refractivity contribution in [2.75, 3.05) is 45.6 Å². The first kappa shape index (κ1) is 24.3. The van der Waals surface area contributed by atoms with Crippen LogP contribution < -0.4 is 16.6 Å². The summed E-state index contributed by atoms with van der Waals surface area (Å²) in [6.07, 6.45) is 6.59. The second-order valence-electron chi connectivity index (χ2n) is 7.88. The second kappa shape index (κ2) is 12.0. The van der Waals surface area contributed by atoms with E-state index in [1.165, 1.54) is 11.8 Å². The molecule has 1 amide bonds. The zero-order valence-electron chi connectivity index (χ0n) is 18.8. The number of H-pyrrole nitrogens is 1. The van der Waals surface area contributed by atoms with Gasteiger partial charge in [0.15, 0.2) is 0 Å². The van der Waals surface area contributed by atoms with E-state index in [2.05, 4.69) is 27.4 Å². The monoisotopic (exact) mass is 456 g/mol. The van der Waals surface area contributed by atoms with E-state index in [0.29, 0.717) is 24.1 Å². The number of rotatable bonds is 10. The Labute approximate surface area is 193 Å². The molecule has 32 heavy (non-hydrogen) atoms. The number of aromatic amines is 1. The number of primary amides is 1. The number of hydrogen-bond donors (Lipinski definition) is 3. The average molecular weight is 457 g/mol. The number of ether oxygens (including phenoxy) is 1. The van der Waals surface area contributed by atoms with Gasteiger partial charge in [0.25, 0.3) is 5.56 Å². The molecule has 0 aliphatic carbocycles. The highest BCUT2D eigenvalue weighted by Gasteiger charge is 2.15. The maximum absolute atomic E-state index is 12.5. The van der Waals surface area contributed by atoms with Gasteiger partial charge in [-0.2, -0.15) is 0 Å². The highest BCUT2D eigenvalue weighted by Crippen LogP contribution is 2.22. The van der Waals surface area contributed by atoms with Crippen LogP contribution in [0.5, 0.6) is 0 Å². The molecule has 1 aliphatic heterocycles. The van der Waals surface area contributed by atoms with Gasteiger partial charge in [0.05, 0.1) is 13.2 Å². The molecular weight excluding hydrogens is 424 g/mol. The van der Waals surface area contributed by atoms with Crippen molar-refractivity contribution in [1.29, 1.82) is 0 Å². The summed E-state index contributed by atoms with van der Waals surface area (Å²) in [5, 5.41) is 3.37. The molecule has 2 heterocycles. The topological polar surface area (TPSA) is 100 Å². The van der Waals surface area contributed by atoms with Gasteiger partial charge in [-0.05, 0) is 36.4 Å². The standard InChI is InChI=1S/C24H32N4O3S/c1-17-13-22(32-2)21(24(30)27-17)15-19-6-5-18(14-20(19)23(25)29)16-26-7-3-4-8-28-9-11-31-12-10-28/h3-6,13-14,26H,7-12,15-16H2,1-2H3,(H2,25,29)(H,27,30). The number of aromatic nitrogens is 1. The smallest absolute Gasteiger partial charge is 0.252 e. The molecule has 0 unspecified atom stereocenters. The van der Waals surface area contributed by atoms with Crippen LogP contribution in [0.3, 0.4) is 0 Å². The van der Waals surface area contributed by atoms with Crippen molar-refractivity contribution in [3.05, 3.63) is 74.7 Å². The number of aryl methyl sites for hydroxylation is 1. The van der Waals surface area contributed by atoms with Crippen LogP contribution in [0.1, 0.15) is 32.7 Å². The van der Waals surface area contributed by atoms with Crippen molar-refractivity contribution in [2.24, 2.45) is 5.73 Å². The van der Waals surface area contributed by atoms with Gasteiger partial charge in [-0.3, -0.25) is 14.5 Å². The summed E-state index contributed by atoms with van der Waals surface area (Å²) in [6, 6.07) is 7.65. The Balaban J connectivity index is 1.61. The lowest BCUT2D eigenvalue weighted by molar-refractivity contribution is 0.0434. The molecule has 7 nitrogen and oxygen atoms in total. The van der Waals surface area contributed by atoms with E-state index in [1.54, 1.807) is 0 Å². The third-order valence-electron chi connectivity index (χ3n) is 5.48. The molecule has 4 N–H and O–H groups in total. The minimum atomic E-state index is -0.485. The largest absolute Gasteiger partial charge is 0.379 e. The summed E-state index contributed by atoms with van der Waals surface area (Å²) in [5.74, 6) is -0.485. The van der Waals surface area contributed by atoms with Crippen molar-refractivity contribution >= 4 is 17.7 Å². The van der Waals surface area contributed by atoms with Crippen molar-refractivity contribution in [3.63, 3.8) is 0 Å². The van der Waals surface area contributed by atoms with Crippen molar-refractivity contribution in [2.45, 2.75) is 24.8 Å². The lowest BCUT2D eigenvalue weighted by atomic mass is 9.97. The lowest BCUT2D eigenvalue weighted by Gasteiger charge is -2.25. The fourth-order valence-corrected chi connectivity index (χ4v) is 4.44. The number of thioether (sulfide) groups is 1. The minimum absolute atomic E-state index is 0.126. The molecule has 172 valence electrons. The van der Waals surface area contributed by atoms with Crippen LogP contribution in [0.15, 0.2) is 46.1 Å². The molecule has 0 saturated carbocycles. The van der Waals surface area contributed by atoms with Crippen LogP contribution >= 0.6 is 11.8 Å². The summed E-state index contributed by atoms with van der Waals surface area (Å²) >= 11 is 1.53. The Morgan fingerprint density at radius 1 is 1.28 bits per heavy atom. The number of nitrogens with zero attached hydrogens (tertiary/aromatic N) is 1. The van der Waals surface area contributed by atoms with Gasteiger partial charge in [-0.1, -0.05) is 24.3 Å². The third kappa shape index (κ3) is 6.80. The molecule has 0 bridgehead atoms. The van der Waals surface area contributed by atoms with E-state index < -0.39 is 5.91 Å². The van der Waals surface area contributed by atoms with Crippen LogP contribution in [-0.2, 0) is 17.7 Å². The van der Waals surface area contributed by atoms with Crippen LogP contribution in [0.2, 0.25) is 0 Å². The first-order valence-corrected chi connectivity index (χ1v) is 12.0. The molecule has 3 rings (SSSR count). The maximum atomic E-state index is 12.5. The van der Waals surface area contributed by atoms with E-state index in [1.807, 2.05) is 37.4 Å². The number of hydrogen-bond acceptors (Lipinski definition) is 6. The van der Waals surface area contributed by atoms with Gasteiger partial charge in [-0.15, -0.1) is 11.8 Å². The van der Waals surface area contributed by atoms with Crippen LogP contribution in [0, 0.1) is 6.92 Å². The summed E-state index contributed by atoms with van der Waals surface area (Å²) in [5.41, 5.74) is 9.20. The van der Waals surface area contributed by atoms with Gasteiger partial charge in [-0.25, -0.2) is 0 Å². The first-order valence-electron chi connectivity index (χ1n) is 10.8. The molecule has 1 saturated heterocycles. The van der Waals surface area contributed by atoms with Crippen LogP contribution in [-0.4, -0.2) is 61.4 Å². The van der Waals surface area contributed by atoms with Crippen molar-refractivity contribution in [3.8, 4) is 0 Å². The summed E-state index contributed by atoms with van der Waals surface area (Å²) in [7, 11) is 0. The van der Waals surface area contributed by atoms with Crippen molar-refractivity contribution in [1.82, 2.24) is 15.2 Å². The molecule has 2 aromatic rings. The number of amides is 1. The predicted octanol–water partition coefficient (Wildman–Crippen LogP) is 2.07. The molecule has 0 radical (unpaired) electrons. The van der Waals surface area contributed by atoms with Gasteiger partial charge in [0.1, 0.15) is 0 Å². The first-order chi connectivity index (χ1) is 15.5. The molecule has 8 heteroatoms. The number of nitrogens with one attached hydrogen (secondary N) is 2. The predicted molar refractivity (Wildman–Crippen MR) is 129 cm³/mol. The highest BCUT2D eigenvalue weighted by atomic mass is 32.2. The minimum Gasteiger partial charge on any atom is -0.379 e. The van der Waals surface area contributed by atoms with Gasteiger partial charge < -0.3 is 20.8 Å². The quantitative estimate of drug-likeness (QED) is 0.288. The van der Waals surface area contributed by atoms with Crippen LogP contribution in [0.25, 0.3) is 0 Å². The number of pyridine rings is 1. The Hall–Kier alpha value is -2.39. The average Bonchev–Trinajstić information content (AvgIpc) is 2.78. The summed E-state index contributed by atoms with van der Waals surface area (Å²) in [4.78, 5) is 30.7. The molecule has 0 atom stereocenters. The summed E-state index contributed by atoms with van der Waals surface area (Å²) < 4.78 is 5.35. The maximum Gasteiger partial charge on any atom is 0.252 e. The number of nitrogens with two attached hydrogens (primary N) is 1. The Bertz CT molecular complexity index is 1010. The molecule has 1 aromatic carbocycles. The SMILES string of the molecule is CSc1cc(C)[nH]c(=O)c1Cc1ccc(CNCC=CCN2CCOCC2)cc1C(N)=O. The second-order valence-corrected chi connectivity index (χ2v) is 8.72. The number of benzene rings is 1. The van der Waals surface area contributed by atoms with E-state index in [9.17, 15) is 9.59 Å². The van der Waals surface area contributed by atoms with E-state index in [4.69, 9.17) is 10.5 Å². The molecule has 1 aliphatic rings. The highest BCUT2D eigenvalue weighted by molar-refractivity contribution is 7.98. The van der Waals surface area contributed by atoms with Crippen molar-refractivity contribution < 1.29 is 9.53 Å². The molecule has 1 aromatic heterocycles. The molecule has 0 spiro atoms. The number of carbonyl (C=O) groups excluding carboxylic acids is 1. The lowest BCUT2D eigenvalue weighted by Crippen LogP contribution is -2.36. The Kier molecular flexibility index (Phi) is 9.11. The molecule has 1 fully saturated rings. The summed E-state index contributed by atoms with van der Waals surface area (Å²) in [6.45, 7) is 7.74. The zero-order chi connectivity index (χ0) is 22.9. The fraction of sp³-hybridized carbons (Fsp3) is 0.417. The fourth-order valence-electron chi connectivity index (χ4n) is 3.73.